The maximum absolute atomic E-state index is 13.0. The lowest BCUT2D eigenvalue weighted by Crippen LogP contribution is -2.23. The van der Waals surface area contributed by atoms with E-state index in [4.69, 9.17) is 0 Å². The highest BCUT2D eigenvalue weighted by Gasteiger charge is 2.17. The molecule has 3 aromatic carbocycles. The highest BCUT2D eigenvalue weighted by molar-refractivity contribution is 6.14. The molecule has 5 rings (SSSR count). The summed E-state index contributed by atoms with van der Waals surface area (Å²) in [5.74, 6) is -0.297. The van der Waals surface area contributed by atoms with Gasteiger partial charge in [0.05, 0.1) is 11.1 Å². The lowest BCUT2D eigenvalue weighted by atomic mass is 10.1. The fourth-order valence-corrected chi connectivity index (χ4v) is 4.36. The molecule has 0 aliphatic rings. The summed E-state index contributed by atoms with van der Waals surface area (Å²) in [6.45, 7) is 4.15. The van der Waals surface area contributed by atoms with E-state index in [-0.39, 0.29) is 11.8 Å². The van der Waals surface area contributed by atoms with Gasteiger partial charge in [0.25, 0.3) is 11.8 Å². The van der Waals surface area contributed by atoms with Crippen molar-refractivity contribution in [3.8, 4) is 0 Å². The zero-order valence-electron chi connectivity index (χ0n) is 18.5. The average molecular weight is 437 g/mol. The number of anilines is 1. The molecule has 0 spiro atoms. The van der Waals surface area contributed by atoms with E-state index >= 15 is 0 Å². The molecule has 164 valence electrons. The van der Waals surface area contributed by atoms with Crippen LogP contribution >= 0.6 is 0 Å². The molecule has 0 saturated carbocycles. The second kappa shape index (κ2) is 8.31. The summed E-state index contributed by atoms with van der Waals surface area (Å²) in [7, 11) is 0. The average Bonchev–Trinajstić information content (AvgIpc) is 3.32. The van der Waals surface area contributed by atoms with Gasteiger partial charge in [-0.15, -0.1) is 0 Å². The molecule has 0 unspecified atom stereocenters. The van der Waals surface area contributed by atoms with Crippen molar-refractivity contribution >= 4 is 39.3 Å². The van der Waals surface area contributed by atoms with E-state index in [0.717, 1.165) is 38.8 Å². The summed E-state index contributed by atoms with van der Waals surface area (Å²) in [5, 5.41) is 7.79. The lowest BCUT2D eigenvalue weighted by Gasteiger charge is -2.09. The van der Waals surface area contributed by atoms with E-state index in [2.05, 4.69) is 20.6 Å². The van der Waals surface area contributed by atoms with Crippen molar-refractivity contribution in [2.45, 2.75) is 20.4 Å². The Kier molecular flexibility index (Phi) is 5.18. The molecule has 5 aromatic rings. The van der Waals surface area contributed by atoms with Crippen molar-refractivity contribution in [1.29, 1.82) is 0 Å². The number of hydrogen-bond acceptors (Lipinski definition) is 2. The topological polar surface area (TPSA) is 89.8 Å². The van der Waals surface area contributed by atoms with Crippen molar-refractivity contribution in [2.24, 2.45) is 0 Å². The van der Waals surface area contributed by atoms with Gasteiger partial charge in [0.2, 0.25) is 0 Å². The molecule has 0 aliphatic carbocycles. The Balaban J connectivity index is 1.31. The number of hydrogen-bond donors (Lipinski definition) is 4. The molecule has 0 aliphatic heterocycles. The quantitative estimate of drug-likeness (QED) is 0.295. The third kappa shape index (κ3) is 3.87. The molecule has 0 saturated heterocycles. The highest BCUT2D eigenvalue weighted by atomic mass is 16.2. The van der Waals surface area contributed by atoms with E-state index < -0.39 is 0 Å². The smallest absolute Gasteiger partial charge is 0.258 e. The number of H-pyrrole nitrogens is 2. The number of aromatic amines is 2. The normalized spacial score (nSPS) is 11.1. The summed E-state index contributed by atoms with van der Waals surface area (Å²) in [6, 6.07) is 23.0. The van der Waals surface area contributed by atoms with Crippen LogP contribution in [0.1, 0.15) is 37.7 Å². The third-order valence-corrected chi connectivity index (χ3v) is 5.88. The lowest BCUT2D eigenvalue weighted by molar-refractivity contribution is 0.0951. The van der Waals surface area contributed by atoms with Crippen molar-refractivity contribution < 1.29 is 9.59 Å². The van der Waals surface area contributed by atoms with E-state index in [1.807, 2.05) is 86.6 Å². The Morgan fingerprint density at radius 1 is 0.727 bits per heavy atom. The number of para-hydroxylation sites is 2. The maximum Gasteiger partial charge on any atom is 0.258 e. The number of carbonyl (C=O) groups excluding carboxylic acids is 2. The van der Waals surface area contributed by atoms with E-state index in [1.165, 1.54) is 0 Å². The molecule has 0 bridgehead atoms. The minimum absolute atomic E-state index is 0.131. The minimum atomic E-state index is -0.166. The monoisotopic (exact) mass is 436 g/mol. The Hall–Kier alpha value is -4.32. The van der Waals surface area contributed by atoms with Crippen LogP contribution in [-0.2, 0) is 6.54 Å². The summed E-state index contributed by atoms with van der Waals surface area (Å²) in [5.41, 5.74) is 6.41. The SMILES string of the molecule is Cc1[nH]c2ccccc2c1C(=O)NCc1cccc(NC(=O)c2c(C)[nH]c3ccccc23)c1. The van der Waals surface area contributed by atoms with Crippen molar-refractivity contribution in [2.75, 3.05) is 5.32 Å². The molecule has 2 amide bonds. The van der Waals surface area contributed by atoms with Crippen LogP contribution in [0.2, 0.25) is 0 Å². The molecule has 2 aromatic heterocycles. The highest BCUT2D eigenvalue weighted by Crippen LogP contribution is 2.24. The summed E-state index contributed by atoms with van der Waals surface area (Å²) >= 11 is 0. The predicted octanol–water partition coefficient (Wildman–Crippen LogP) is 5.45. The Morgan fingerprint density at radius 3 is 1.94 bits per heavy atom. The number of carbonyl (C=O) groups is 2. The first-order valence-electron chi connectivity index (χ1n) is 10.8. The van der Waals surface area contributed by atoms with Crippen LogP contribution in [0.5, 0.6) is 0 Å². The number of aromatic nitrogens is 2. The molecular formula is C27H24N4O2. The molecule has 6 heteroatoms. The van der Waals surface area contributed by atoms with Gasteiger partial charge in [-0.25, -0.2) is 0 Å². The number of rotatable bonds is 5. The second-order valence-corrected chi connectivity index (χ2v) is 8.18. The first kappa shape index (κ1) is 20.6. The van der Waals surface area contributed by atoms with Crippen LogP contribution in [0.4, 0.5) is 5.69 Å². The van der Waals surface area contributed by atoms with Crippen LogP contribution in [0.25, 0.3) is 21.8 Å². The zero-order valence-corrected chi connectivity index (χ0v) is 18.5. The van der Waals surface area contributed by atoms with Crippen LogP contribution in [0.15, 0.2) is 72.8 Å². The first-order chi connectivity index (χ1) is 16.0. The second-order valence-electron chi connectivity index (χ2n) is 8.18. The molecular weight excluding hydrogens is 412 g/mol. The van der Waals surface area contributed by atoms with E-state index in [9.17, 15) is 9.59 Å². The maximum atomic E-state index is 13.0. The fourth-order valence-electron chi connectivity index (χ4n) is 4.36. The number of nitrogens with one attached hydrogen (secondary N) is 4. The molecule has 0 fully saturated rings. The third-order valence-electron chi connectivity index (χ3n) is 5.88. The van der Waals surface area contributed by atoms with Crippen molar-refractivity contribution in [1.82, 2.24) is 15.3 Å². The predicted molar refractivity (Wildman–Crippen MR) is 132 cm³/mol. The standard InChI is InChI=1S/C27H24N4O2/c1-16-24(20-10-3-5-12-22(20)29-16)26(32)28-15-18-8-7-9-19(14-18)31-27(33)25-17(2)30-23-13-6-4-11-21(23)25/h3-14,29-30H,15H2,1-2H3,(H,28,32)(H,31,33). The molecule has 6 nitrogen and oxygen atoms in total. The van der Waals surface area contributed by atoms with E-state index in [1.54, 1.807) is 0 Å². The van der Waals surface area contributed by atoms with Gasteiger partial charge in [0, 0.05) is 45.4 Å². The van der Waals surface area contributed by atoms with Gasteiger partial charge >= 0.3 is 0 Å². The molecule has 33 heavy (non-hydrogen) atoms. The van der Waals surface area contributed by atoms with Gasteiger partial charge in [0.1, 0.15) is 0 Å². The van der Waals surface area contributed by atoms with Crippen molar-refractivity contribution in [3.63, 3.8) is 0 Å². The summed E-state index contributed by atoms with van der Waals surface area (Å²) < 4.78 is 0. The van der Waals surface area contributed by atoms with Gasteiger partial charge in [-0.05, 0) is 43.7 Å². The number of fused-ring (bicyclic) bond motifs is 2. The summed E-state index contributed by atoms with van der Waals surface area (Å²) in [4.78, 5) is 32.4. The molecule has 0 radical (unpaired) electrons. The Morgan fingerprint density at radius 2 is 1.30 bits per heavy atom. The van der Waals surface area contributed by atoms with E-state index in [0.29, 0.717) is 23.4 Å². The first-order valence-corrected chi connectivity index (χ1v) is 10.8. The van der Waals surface area contributed by atoms with Crippen LogP contribution < -0.4 is 10.6 Å². The number of benzene rings is 3. The van der Waals surface area contributed by atoms with Crippen molar-refractivity contribution in [3.05, 3.63) is 101 Å². The Labute approximate surface area is 191 Å². The van der Waals surface area contributed by atoms with Crippen LogP contribution in [0.3, 0.4) is 0 Å². The molecule has 4 N–H and O–H groups in total. The van der Waals surface area contributed by atoms with Gasteiger partial charge in [-0.3, -0.25) is 9.59 Å². The van der Waals surface area contributed by atoms with Crippen LogP contribution in [0, 0.1) is 13.8 Å². The summed E-state index contributed by atoms with van der Waals surface area (Å²) in [6.07, 6.45) is 0. The van der Waals surface area contributed by atoms with Gasteiger partial charge in [-0.2, -0.15) is 0 Å². The van der Waals surface area contributed by atoms with Crippen LogP contribution in [-0.4, -0.2) is 21.8 Å². The Bertz CT molecular complexity index is 1510. The molecule has 2 heterocycles. The largest absolute Gasteiger partial charge is 0.358 e. The number of amides is 2. The van der Waals surface area contributed by atoms with Gasteiger partial charge < -0.3 is 20.6 Å². The van der Waals surface area contributed by atoms with Gasteiger partial charge in [0.15, 0.2) is 0 Å². The number of aryl methyl sites for hydroxylation is 2. The zero-order chi connectivity index (χ0) is 22.9. The molecule has 0 atom stereocenters. The fraction of sp³-hybridized carbons (Fsp3) is 0.111. The minimum Gasteiger partial charge on any atom is -0.358 e. The van der Waals surface area contributed by atoms with Gasteiger partial charge in [-0.1, -0.05) is 48.5 Å².